The zero-order valence-electron chi connectivity index (χ0n) is 11.7. The molecule has 0 aromatic rings. The van der Waals surface area contributed by atoms with Crippen LogP contribution in [-0.4, -0.2) is 43.2 Å². The van der Waals surface area contributed by atoms with Gasteiger partial charge >= 0.3 is 5.97 Å². The molecule has 0 rings (SSSR count). The summed E-state index contributed by atoms with van der Waals surface area (Å²) in [5.74, 6) is -0.300. The van der Waals surface area contributed by atoms with E-state index >= 15 is 0 Å². The highest BCUT2D eigenvalue weighted by Crippen LogP contribution is 2.10. The van der Waals surface area contributed by atoms with Crippen molar-refractivity contribution < 1.29 is 14.0 Å². The summed E-state index contributed by atoms with van der Waals surface area (Å²) in [6, 6.07) is 0. The molecular formula is C14H26NO2+. The van der Waals surface area contributed by atoms with Crippen molar-refractivity contribution in [3.8, 4) is 0 Å². The summed E-state index contributed by atoms with van der Waals surface area (Å²) in [4.78, 5) is 11.3. The number of hydrogen-bond acceptors (Lipinski definition) is 2. The number of nitrogens with zero attached hydrogens (tertiary/aromatic N) is 1. The maximum absolute atomic E-state index is 11.3. The van der Waals surface area contributed by atoms with Gasteiger partial charge in [-0.2, -0.15) is 0 Å². The Labute approximate surface area is 105 Å². The molecule has 0 spiro atoms. The van der Waals surface area contributed by atoms with E-state index < -0.39 is 0 Å². The van der Waals surface area contributed by atoms with E-state index in [2.05, 4.69) is 27.0 Å². The molecule has 0 unspecified atom stereocenters. The molecule has 0 fully saturated rings. The Bertz CT molecular complexity index is 291. The van der Waals surface area contributed by atoms with Gasteiger partial charge in [0, 0.05) is 5.57 Å². The highest BCUT2D eigenvalue weighted by molar-refractivity contribution is 5.86. The molecule has 0 saturated heterocycles. The zero-order chi connectivity index (χ0) is 13.5. The first kappa shape index (κ1) is 15.9. The van der Waals surface area contributed by atoms with Crippen molar-refractivity contribution in [2.75, 3.05) is 32.8 Å². The van der Waals surface area contributed by atoms with Crippen LogP contribution < -0.4 is 0 Å². The number of quaternary nitrogens is 1. The van der Waals surface area contributed by atoms with Crippen LogP contribution in [0.1, 0.15) is 27.7 Å². The third-order valence-electron chi connectivity index (χ3n) is 3.09. The van der Waals surface area contributed by atoms with Crippen LogP contribution in [0.2, 0.25) is 0 Å². The van der Waals surface area contributed by atoms with E-state index in [-0.39, 0.29) is 5.97 Å². The topological polar surface area (TPSA) is 26.3 Å². The predicted molar refractivity (Wildman–Crippen MR) is 71.7 cm³/mol. The molecule has 0 amide bonds. The highest BCUT2D eigenvalue weighted by atomic mass is 16.5. The van der Waals surface area contributed by atoms with Crippen molar-refractivity contribution in [3.05, 3.63) is 24.3 Å². The lowest BCUT2D eigenvalue weighted by Crippen LogP contribution is -2.50. The van der Waals surface area contributed by atoms with Crippen LogP contribution in [0.3, 0.4) is 0 Å². The SMILES string of the molecule is C=C(C)C[N+](CC)(CC)CCOC(=O)C(=C)C. The summed E-state index contributed by atoms with van der Waals surface area (Å²) in [6.45, 7) is 19.8. The lowest BCUT2D eigenvalue weighted by atomic mass is 10.2. The largest absolute Gasteiger partial charge is 0.456 e. The molecule has 0 atom stereocenters. The fraction of sp³-hybridized carbons (Fsp3) is 0.643. The minimum Gasteiger partial charge on any atom is -0.456 e. The van der Waals surface area contributed by atoms with Gasteiger partial charge in [-0.1, -0.05) is 13.2 Å². The Morgan fingerprint density at radius 1 is 1.18 bits per heavy atom. The van der Waals surface area contributed by atoms with Crippen LogP contribution in [0, 0.1) is 0 Å². The molecule has 0 aromatic heterocycles. The van der Waals surface area contributed by atoms with Crippen LogP contribution in [0.25, 0.3) is 0 Å². The van der Waals surface area contributed by atoms with Crippen molar-refractivity contribution >= 4 is 5.97 Å². The lowest BCUT2D eigenvalue weighted by molar-refractivity contribution is -0.920. The minimum absolute atomic E-state index is 0.300. The Morgan fingerprint density at radius 2 is 1.71 bits per heavy atom. The smallest absolute Gasteiger partial charge is 0.333 e. The minimum atomic E-state index is -0.300. The summed E-state index contributed by atoms with van der Waals surface area (Å²) >= 11 is 0. The van der Waals surface area contributed by atoms with E-state index in [1.165, 1.54) is 5.57 Å². The van der Waals surface area contributed by atoms with Crippen LogP contribution in [0.4, 0.5) is 0 Å². The van der Waals surface area contributed by atoms with E-state index in [0.29, 0.717) is 12.2 Å². The zero-order valence-corrected chi connectivity index (χ0v) is 11.7. The standard InChI is InChI=1S/C14H26NO2/c1-7-15(8-2,11-12(3)4)9-10-17-14(16)13(5)6/h3,5,7-11H2,1-2,4,6H3/q+1. The first-order valence-electron chi connectivity index (χ1n) is 6.19. The maximum atomic E-state index is 11.3. The van der Waals surface area contributed by atoms with Crippen LogP contribution in [-0.2, 0) is 9.53 Å². The molecule has 0 aliphatic rings. The number of carbonyl (C=O) groups is 1. The van der Waals surface area contributed by atoms with Gasteiger partial charge in [-0.05, 0) is 33.3 Å². The summed E-state index contributed by atoms with van der Waals surface area (Å²) < 4.78 is 6.08. The van der Waals surface area contributed by atoms with Crippen molar-refractivity contribution in [2.24, 2.45) is 0 Å². The normalized spacial score (nSPS) is 11.1. The molecule has 0 radical (unpaired) electrons. The Kier molecular flexibility index (Phi) is 6.81. The Morgan fingerprint density at radius 3 is 2.06 bits per heavy atom. The molecule has 0 aliphatic heterocycles. The number of likely N-dealkylation sites (N-methyl/N-ethyl adjacent to an activating group) is 1. The fourth-order valence-corrected chi connectivity index (χ4v) is 1.87. The number of esters is 1. The van der Waals surface area contributed by atoms with E-state index in [1.807, 2.05) is 6.92 Å². The van der Waals surface area contributed by atoms with Gasteiger partial charge in [0.2, 0.25) is 0 Å². The monoisotopic (exact) mass is 240 g/mol. The van der Waals surface area contributed by atoms with Crippen LogP contribution in [0.15, 0.2) is 24.3 Å². The molecule has 98 valence electrons. The fourth-order valence-electron chi connectivity index (χ4n) is 1.87. The third-order valence-corrected chi connectivity index (χ3v) is 3.09. The number of rotatable bonds is 8. The molecule has 0 heterocycles. The van der Waals surface area contributed by atoms with Gasteiger partial charge in [-0.25, -0.2) is 4.79 Å². The Hall–Kier alpha value is -1.09. The van der Waals surface area contributed by atoms with Crippen LogP contribution in [0.5, 0.6) is 0 Å². The second kappa shape index (κ2) is 7.28. The molecule has 3 nitrogen and oxygen atoms in total. The van der Waals surface area contributed by atoms with Crippen molar-refractivity contribution in [1.82, 2.24) is 0 Å². The quantitative estimate of drug-likeness (QED) is 0.282. The number of ether oxygens (including phenoxy) is 1. The molecule has 0 aromatic carbocycles. The third kappa shape index (κ3) is 5.68. The van der Waals surface area contributed by atoms with Crippen LogP contribution >= 0.6 is 0 Å². The second-order valence-electron chi connectivity index (χ2n) is 4.73. The van der Waals surface area contributed by atoms with Gasteiger partial charge < -0.3 is 9.22 Å². The van der Waals surface area contributed by atoms with Gasteiger partial charge in [0.25, 0.3) is 0 Å². The molecular weight excluding hydrogens is 214 g/mol. The lowest BCUT2D eigenvalue weighted by Gasteiger charge is -2.36. The van der Waals surface area contributed by atoms with E-state index in [0.717, 1.165) is 30.7 Å². The number of carbonyl (C=O) groups excluding carboxylic acids is 1. The Balaban J connectivity index is 4.31. The summed E-state index contributed by atoms with van der Waals surface area (Å²) in [6.07, 6.45) is 0. The van der Waals surface area contributed by atoms with Gasteiger partial charge in [0.05, 0.1) is 19.6 Å². The molecule has 3 heteroatoms. The molecule has 0 aliphatic carbocycles. The maximum Gasteiger partial charge on any atom is 0.333 e. The predicted octanol–water partition coefficient (Wildman–Crippen LogP) is 2.54. The molecule has 0 bridgehead atoms. The molecule has 0 saturated carbocycles. The number of hydrogen-bond donors (Lipinski definition) is 0. The summed E-state index contributed by atoms with van der Waals surface area (Å²) in [5, 5.41) is 0. The average Bonchev–Trinajstić information content (AvgIpc) is 2.26. The van der Waals surface area contributed by atoms with E-state index in [4.69, 9.17) is 4.74 Å². The summed E-state index contributed by atoms with van der Waals surface area (Å²) in [5.41, 5.74) is 1.62. The van der Waals surface area contributed by atoms with E-state index in [9.17, 15) is 4.79 Å². The molecule has 17 heavy (non-hydrogen) atoms. The highest BCUT2D eigenvalue weighted by Gasteiger charge is 2.23. The van der Waals surface area contributed by atoms with Gasteiger partial charge in [-0.3, -0.25) is 0 Å². The second-order valence-corrected chi connectivity index (χ2v) is 4.73. The van der Waals surface area contributed by atoms with E-state index in [1.54, 1.807) is 6.92 Å². The average molecular weight is 240 g/mol. The van der Waals surface area contributed by atoms with Crippen molar-refractivity contribution in [1.29, 1.82) is 0 Å². The first-order chi connectivity index (χ1) is 7.87. The van der Waals surface area contributed by atoms with Crippen molar-refractivity contribution in [3.63, 3.8) is 0 Å². The van der Waals surface area contributed by atoms with Crippen molar-refractivity contribution in [2.45, 2.75) is 27.7 Å². The van der Waals surface area contributed by atoms with Gasteiger partial charge in [0.15, 0.2) is 0 Å². The van der Waals surface area contributed by atoms with Gasteiger partial charge in [0.1, 0.15) is 13.2 Å². The molecule has 0 N–H and O–H groups in total. The first-order valence-corrected chi connectivity index (χ1v) is 6.19. The van der Waals surface area contributed by atoms with Gasteiger partial charge in [-0.15, -0.1) is 0 Å². The summed E-state index contributed by atoms with van der Waals surface area (Å²) in [7, 11) is 0.